The van der Waals surface area contributed by atoms with E-state index >= 15 is 0 Å². The fourth-order valence-electron chi connectivity index (χ4n) is 3.92. The number of aromatic amines is 1. The molecule has 0 bridgehead atoms. The molecule has 0 saturated carbocycles. The predicted molar refractivity (Wildman–Crippen MR) is 108 cm³/mol. The number of rotatable bonds is 4. The predicted octanol–water partition coefficient (Wildman–Crippen LogP) is 0.694. The van der Waals surface area contributed by atoms with Gasteiger partial charge in [-0.3, -0.25) is 23.7 Å². The molecule has 29 heavy (non-hydrogen) atoms. The van der Waals surface area contributed by atoms with E-state index < -0.39 is 5.69 Å². The van der Waals surface area contributed by atoms with Crippen molar-refractivity contribution in [3.05, 3.63) is 56.8 Å². The van der Waals surface area contributed by atoms with E-state index in [1.807, 2.05) is 17.0 Å². The van der Waals surface area contributed by atoms with E-state index in [1.54, 1.807) is 19.4 Å². The van der Waals surface area contributed by atoms with Crippen LogP contribution in [0.4, 0.5) is 0 Å². The van der Waals surface area contributed by atoms with E-state index in [9.17, 15) is 14.4 Å². The number of nitrogens with one attached hydrogen (secondary N) is 1. The van der Waals surface area contributed by atoms with Gasteiger partial charge in [0.05, 0.1) is 0 Å². The average molecular weight is 396 g/mol. The summed E-state index contributed by atoms with van der Waals surface area (Å²) < 4.78 is 2.44. The van der Waals surface area contributed by atoms with Crippen molar-refractivity contribution < 1.29 is 4.79 Å². The Kier molecular flexibility index (Phi) is 5.04. The Morgan fingerprint density at radius 1 is 1.28 bits per heavy atom. The van der Waals surface area contributed by atoms with Crippen LogP contribution in [0.1, 0.15) is 36.6 Å². The van der Waals surface area contributed by atoms with Crippen LogP contribution in [-0.2, 0) is 25.3 Å². The summed E-state index contributed by atoms with van der Waals surface area (Å²) >= 11 is 0. The van der Waals surface area contributed by atoms with Crippen LogP contribution in [0, 0.1) is 0 Å². The lowest BCUT2D eigenvalue weighted by Crippen LogP contribution is -2.39. The van der Waals surface area contributed by atoms with Gasteiger partial charge in [0.25, 0.3) is 5.56 Å². The Labute approximate surface area is 167 Å². The maximum atomic E-state index is 12.7. The quantitative estimate of drug-likeness (QED) is 0.699. The van der Waals surface area contributed by atoms with E-state index in [2.05, 4.69) is 15.0 Å². The van der Waals surface area contributed by atoms with Crippen LogP contribution in [0.5, 0.6) is 0 Å². The van der Waals surface area contributed by atoms with E-state index in [0.717, 1.165) is 29.5 Å². The third kappa shape index (κ3) is 3.59. The highest BCUT2D eigenvalue weighted by molar-refractivity contribution is 5.76. The van der Waals surface area contributed by atoms with Gasteiger partial charge < -0.3 is 9.88 Å². The van der Waals surface area contributed by atoms with Crippen LogP contribution in [-0.4, -0.2) is 48.0 Å². The standard InChI is InChI=1S/C20H24N6O3/c1-24-18-16(19(28)25(2)20(24)29)22-17(23-18)14-6-4-10-26(12-14)15(27)8-7-13-5-3-9-21-11-13/h3,5,9,11,14H,4,6-8,10,12H2,1-2H3,(H,22,23). The second kappa shape index (κ2) is 7.65. The number of amides is 1. The first kappa shape index (κ1) is 19.1. The largest absolute Gasteiger partial charge is 0.342 e. The summed E-state index contributed by atoms with van der Waals surface area (Å²) in [4.78, 5) is 50.8. The smallest absolute Gasteiger partial charge is 0.332 e. The van der Waals surface area contributed by atoms with Gasteiger partial charge >= 0.3 is 5.69 Å². The van der Waals surface area contributed by atoms with Gasteiger partial charge in [-0.05, 0) is 30.9 Å². The molecule has 0 aliphatic carbocycles. The second-order valence-electron chi connectivity index (χ2n) is 7.57. The highest BCUT2D eigenvalue weighted by Gasteiger charge is 2.27. The molecule has 0 spiro atoms. The van der Waals surface area contributed by atoms with Gasteiger partial charge in [-0.2, -0.15) is 0 Å². The fraction of sp³-hybridized carbons (Fsp3) is 0.450. The number of pyridine rings is 1. The van der Waals surface area contributed by atoms with Crippen LogP contribution < -0.4 is 11.2 Å². The molecule has 152 valence electrons. The number of hydrogen-bond acceptors (Lipinski definition) is 5. The lowest BCUT2D eigenvalue weighted by molar-refractivity contribution is -0.132. The van der Waals surface area contributed by atoms with E-state index in [4.69, 9.17) is 0 Å². The van der Waals surface area contributed by atoms with Crippen LogP contribution in [0.15, 0.2) is 34.1 Å². The number of hydrogen-bond donors (Lipinski definition) is 1. The van der Waals surface area contributed by atoms with Crippen molar-refractivity contribution >= 4 is 17.1 Å². The van der Waals surface area contributed by atoms with E-state index in [1.165, 1.54) is 11.6 Å². The Balaban J connectivity index is 1.52. The number of carbonyl (C=O) groups excluding carboxylic acids is 1. The first-order chi connectivity index (χ1) is 14.0. The second-order valence-corrected chi connectivity index (χ2v) is 7.57. The van der Waals surface area contributed by atoms with Crippen molar-refractivity contribution in [1.82, 2.24) is 29.0 Å². The average Bonchev–Trinajstić information content (AvgIpc) is 3.21. The number of aryl methyl sites for hydroxylation is 2. The van der Waals surface area contributed by atoms with Gasteiger partial charge in [0, 0.05) is 51.9 Å². The molecule has 1 fully saturated rings. The van der Waals surface area contributed by atoms with Gasteiger partial charge in [0.1, 0.15) is 11.3 Å². The minimum absolute atomic E-state index is 0.0123. The van der Waals surface area contributed by atoms with Gasteiger partial charge in [-0.25, -0.2) is 9.78 Å². The highest BCUT2D eigenvalue weighted by atomic mass is 16.2. The van der Waals surface area contributed by atoms with Crippen molar-refractivity contribution in [2.75, 3.05) is 13.1 Å². The summed E-state index contributed by atoms with van der Waals surface area (Å²) in [6, 6.07) is 3.84. The number of imidazole rings is 1. The van der Waals surface area contributed by atoms with Crippen LogP contribution in [0.25, 0.3) is 11.2 Å². The molecule has 1 N–H and O–H groups in total. The maximum Gasteiger partial charge on any atom is 0.332 e. The van der Waals surface area contributed by atoms with Crippen molar-refractivity contribution in [1.29, 1.82) is 0 Å². The molecule has 0 radical (unpaired) electrons. The van der Waals surface area contributed by atoms with Crippen LogP contribution >= 0.6 is 0 Å². The van der Waals surface area contributed by atoms with Crippen LogP contribution in [0.2, 0.25) is 0 Å². The van der Waals surface area contributed by atoms with E-state index in [-0.39, 0.29) is 17.4 Å². The summed E-state index contributed by atoms with van der Waals surface area (Å²) in [5.41, 5.74) is 0.930. The molecular weight excluding hydrogens is 372 g/mol. The normalized spacial score (nSPS) is 17.0. The van der Waals surface area contributed by atoms with Crippen molar-refractivity contribution in [2.24, 2.45) is 14.1 Å². The molecule has 1 amide bonds. The summed E-state index contributed by atoms with van der Waals surface area (Å²) in [6.07, 6.45) is 6.35. The number of H-pyrrole nitrogens is 1. The molecule has 9 heteroatoms. The molecular formula is C20H24N6O3. The molecule has 3 aromatic rings. The lowest BCUT2D eigenvalue weighted by Gasteiger charge is -2.32. The third-order valence-corrected chi connectivity index (χ3v) is 5.62. The summed E-state index contributed by atoms with van der Waals surface area (Å²) in [6.45, 7) is 1.28. The van der Waals surface area contributed by atoms with Crippen molar-refractivity contribution in [3.63, 3.8) is 0 Å². The van der Waals surface area contributed by atoms with Gasteiger partial charge in [-0.15, -0.1) is 0 Å². The number of likely N-dealkylation sites (tertiary alicyclic amines) is 1. The monoisotopic (exact) mass is 396 g/mol. The fourth-order valence-corrected chi connectivity index (χ4v) is 3.92. The van der Waals surface area contributed by atoms with Gasteiger partial charge in [0.2, 0.25) is 5.91 Å². The molecule has 1 aliphatic heterocycles. The molecule has 1 atom stereocenters. The zero-order chi connectivity index (χ0) is 20.5. The van der Waals surface area contributed by atoms with Gasteiger partial charge in [0.15, 0.2) is 5.65 Å². The Morgan fingerprint density at radius 2 is 2.10 bits per heavy atom. The molecule has 1 unspecified atom stereocenters. The third-order valence-electron chi connectivity index (χ3n) is 5.62. The van der Waals surface area contributed by atoms with Crippen molar-refractivity contribution in [3.8, 4) is 0 Å². The number of aromatic nitrogens is 5. The minimum atomic E-state index is -0.406. The molecule has 3 aromatic heterocycles. The highest BCUT2D eigenvalue weighted by Crippen LogP contribution is 2.26. The van der Waals surface area contributed by atoms with Crippen molar-refractivity contribution in [2.45, 2.75) is 31.6 Å². The molecule has 4 heterocycles. The molecule has 4 rings (SSSR count). The Morgan fingerprint density at radius 3 is 2.86 bits per heavy atom. The first-order valence-electron chi connectivity index (χ1n) is 9.78. The minimum Gasteiger partial charge on any atom is -0.342 e. The van der Waals surface area contributed by atoms with Crippen LogP contribution in [0.3, 0.4) is 0 Å². The Hall–Kier alpha value is -3.23. The molecule has 9 nitrogen and oxygen atoms in total. The summed E-state index contributed by atoms with van der Waals surface area (Å²) in [7, 11) is 3.05. The summed E-state index contributed by atoms with van der Waals surface area (Å²) in [5.74, 6) is 0.777. The number of piperidine rings is 1. The number of carbonyl (C=O) groups is 1. The lowest BCUT2D eigenvalue weighted by atomic mass is 9.97. The first-order valence-corrected chi connectivity index (χ1v) is 9.78. The molecule has 0 aromatic carbocycles. The zero-order valence-corrected chi connectivity index (χ0v) is 16.6. The number of fused-ring (bicyclic) bond motifs is 1. The zero-order valence-electron chi connectivity index (χ0n) is 16.6. The maximum absolute atomic E-state index is 12.7. The van der Waals surface area contributed by atoms with E-state index in [0.29, 0.717) is 36.4 Å². The topological polar surface area (TPSA) is 106 Å². The Bertz CT molecular complexity index is 1160. The molecule has 1 saturated heterocycles. The summed E-state index contributed by atoms with van der Waals surface area (Å²) in [5, 5.41) is 0. The molecule has 1 aliphatic rings. The van der Waals surface area contributed by atoms with Gasteiger partial charge in [-0.1, -0.05) is 6.07 Å². The SMILES string of the molecule is Cn1c(=O)c2[nH]c(C3CCCN(C(=O)CCc4cccnc4)C3)nc2n(C)c1=O. The number of nitrogens with zero attached hydrogens (tertiary/aromatic N) is 5.